The number of hydrogen-bond donors (Lipinski definition) is 1. The predicted molar refractivity (Wildman–Crippen MR) is 91.1 cm³/mol. The molecule has 0 atom stereocenters. The zero-order chi connectivity index (χ0) is 16.4. The van der Waals surface area contributed by atoms with Gasteiger partial charge in [-0.25, -0.2) is 4.98 Å². The van der Waals surface area contributed by atoms with Crippen molar-refractivity contribution < 1.29 is 9.90 Å². The van der Waals surface area contributed by atoms with E-state index in [1.54, 1.807) is 0 Å². The fourth-order valence-electron chi connectivity index (χ4n) is 2.09. The van der Waals surface area contributed by atoms with Crippen molar-refractivity contribution in [2.45, 2.75) is 12.7 Å². The first kappa shape index (κ1) is 15.7. The molecular weight excluding hydrogens is 334 g/mol. The molecule has 1 aromatic carbocycles. The number of fused-ring (bicyclic) bond motifs is 1. The molecule has 0 aliphatic rings. The zero-order valence-electron chi connectivity index (χ0n) is 12.2. The van der Waals surface area contributed by atoms with E-state index in [2.05, 4.69) is 10.1 Å². The summed E-state index contributed by atoms with van der Waals surface area (Å²) in [5.74, 6) is -0.513. The Bertz CT molecular complexity index is 933. The Morgan fingerprint density at radius 3 is 2.91 bits per heavy atom. The van der Waals surface area contributed by atoms with Gasteiger partial charge in [0.1, 0.15) is 5.01 Å². The van der Waals surface area contributed by atoms with Crippen molar-refractivity contribution in [3.05, 3.63) is 51.9 Å². The molecule has 2 aromatic heterocycles. The molecule has 2 heterocycles. The van der Waals surface area contributed by atoms with Gasteiger partial charge in [0.2, 0.25) is 4.96 Å². The third-order valence-corrected chi connectivity index (χ3v) is 5.04. The van der Waals surface area contributed by atoms with Crippen LogP contribution in [0.1, 0.15) is 11.3 Å². The van der Waals surface area contributed by atoms with Gasteiger partial charge in [0.05, 0.1) is 11.4 Å². The minimum atomic E-state index is -0.882. The van der Waals surface area contributed by atoms with Crippen LogP contribution in [0.3, 0.4) is 0 Å². The van der Waals surface area contributed by atoms with Crippen molar-refractivity contribution in [3.8, 4) is 10.6 Å². The van der Waals surface area contributed by atoms with E-state index in [-0.39, 0.29) is 11.3 Å². The van der Waals surface area contributed by atoms with E-state index in [0.717, 1.165) is 16.1 Å². The molecule has 118 valence electrons. The SMILES string of the molecule is Cc1ccccc1-c1nn2c(=O)cc(CSCC(=O)O)nc2s1. The molecule has 3 aromatic rings. The number of benzene rings is 1. The quantitative estimate of drug-likeness (QED) is 0.763. The molecule has 6 nitrogen and oxygen atoms in total. The zero-order valence-corrected chi connectivity index (χ0v) is 13.9. The van der Waals surface area contributed by atoms with Crippen LogP contribution in [-0.2, 0) is 10.5 Å². The Labute approximate surface area is 139 Å². The van der Waals surface area contributed by atoms with Gasteiger partial charge in [-0.05, 0) is 12.5 Å². The lowest BCUT2D eigenvalue weighted by atomic mass is 10.1. The molecule has 0 saturated heterocycles. The van der Waals surface area contributed by atoms with Crippen LogP contribution in [0.4, 0.5) is 0 Å². The Morgan fingerprint density at radius 1 is 1.39 bits per heavy atom. The maximum absolute atomic E-state index is 12.2. The highest BCUT2D eigenvalue weighted by atomic mass is 32.2. The highest BCUT2D eigenvalue weighted by Gasteiger charge is 2.12. The summed E-state index contributed by atoms with van der Waals surface area (Å²) in [5.41, 5.74) is 2.37. The summed E-state index contributed by atoms with van der Waals surface area (Å²) in [6.07, 6.45) is 0. The number of nitrogens with zero attached hydrogens (tertiary/aromatic N) is 3. The molecule has 0 aliphatic carbocycles. The molecule has 1 N–H and O–H groups in total. The first-order valence-corrected chi connectivity index (χ1v) is 8.77. The molecule has 0 unspecified atom stereocenters. The number of carbonyl (C=O) groups is 1. The van der Waals surface area contributed by atoms with E-state index >= 15 is 0 Å². The van der Waals surface area contributed by atoms with E-state index < -0.39 is 5.97 Å². The first-order valence-electron chi connectivity index (χ1n) is 6.80. The minimum Gasteiger partial charge on any atom is -0.481 e. The molecule has 8 heteroatoms. The summed E-state index contributed by atoms with van der Waals surface area (Å²) >= 11 is 2.56. The molecule has 0 amide bonds. The van der Waals surface area contributed by atoms with Crippen LogP contribution in [0.15, 0.2) is 35.1 Å². The Morgan fingerprint density at radius 2 is 2.17 bits per heavy atom. The van der Waals surface area contributed by atoms with E-state index in [9.17, 15) is 9.59 Å². The number of hydrogen-bond acceptors (Lipinski definition) is 6. The lowest BCUT2D eigenvalue weighted by Gasteiger charge is -1.98. The number of aliphatic carboxylic acids is 1. The summed E-state index contributed by atoms with van der Waals surface area (Å²) in [5, 5.41) is 13.7. The third-order valence-electron chi connectivity index (χ3n) is 3.15. The Balaban J connectivity index is 1.97. The van der Waals surface area contributed by atoms with Gasteiger partial charge < -0.3 is 5.11 Å². The van der Waals surface area contributed by atoms with Crippen LogP contribution in [0.25, 0.3) is 15.5 Å². The summed E-state index contributed by atoms with van der Waals surface area (Å²) in [4.78, 5) is 27.6. The Hall–Kier alpha value is -2.19. The second-order valence-corrected chi connectivity index (χ2v) is 6.83. The van der Waals surface area contributed by atoms with Crippen LogP contribution in [0.2, 0.25) is 0 Å². The molecule has 0 aliphatic heterocycles. The van der Waals surface area contributed by atoms with Gasteiger partial charge in [-0.3, -0.25) is 9.59 Å². The van der Waals surface area contributed by atoms with Gasteiger partial charge in [0.25, 0.3) is 5.56 Å². The fourth-order valence-corrected chi connectivity index (χ4v) is 3.74. The molecule has 0 fully saturated rings. The largest absolute Gasteiger partial charge is 0.481 e. The normalized spacial score (nSPS) is 11.0. The molecule has 0 radical (unpaired) electrons. The standard InChI is InChI=1S/C15H13N3O3S2/c1-9-4-2-3-5-11(9)14-17-18-12(19)6-10(16-15(18)23-14)7-22-8-13(20)21/h2-6H,7-8H2,1H3,(H,20,21). The van der Waals surface area contributed by atoms with Crippen molar-refractivity contribution in [3.63, 3.8) is 0 Å². The molecule has 3 rings (SSSR count). The third kappa shape index (κ3) is 3.43. The highest BCUT2D eigenvalue weighted by molar-refractivity contribution is 7.99. The average molecular weight is 347 g/mol. The van der Waals surface area contributed by atoms with E-state index in [4.69, 9.17) is 5.11 Å². The van der Waals surface area contributed by atoms with Crippen LogP contribution in [0, 0.1) is 6.92 Å². The van der Waals surface area contributed by atoms with Gasteiger partial charge in [-0.1, -0.05) is 35.6 Å². The van der Waals surface area contributed by atoms with Gasteiger partial charge in [0, 0.05) is 17.4 Å². The molecule has 23 heavy (non-hydrogen) atoms. The predicted octanol–water partition coefficient (Wildman–Crippen LogP) is 2.44. The summed E-state index contributed by atoms with van der Waals surface area (Å²) in [6, 6.07) is 9.24. The van der Waals surface area contributed by atoms with E-state index in [0.29, 0.717) is 16.4 Å². The summed E-state index contributed by atoms with van der Waals surface area (Å²) in [7, 11) is 0. The molecule has 0 spiro atoms. The first-order chi connectivity index (χ1) is 11.0. The van der Waals surface area contributed by atoms with Crippen molar-refractivity contribution in [2.24, 2.45) is 0 Å². The lowest BCUT2D eigenvalue weighted by molar-refractivity contribution is -0.133. The van der Waals surface area contributed by atoms with Gasteiger partial charge in [0.15, 0.2) is 0 Å². The van der Waals surface area contributed by atoms with Gasteiger partial charge >= 0.3 is 5.97 Å². The number of carboxylic acid groups (broad SMARTS) is 1. The van der Waals surface area contributed by atoms with Crippen LogP contribution < -0.4 is 5.56 Å². The van der Waals surface area contributed by atoms with Crippen LogP contribution >= 0.6 is 23.1 Å². The topological polar surface area (TPSA) is 84.6 Å². The monoisotopic (exact) mass is 347 g/mol. The Kier molecular flexibility index (Phi) is 4.44. The maximum Gasteiger partial charge on any atom is 0.313 e. The second kappa shape index (κ2) is 6.51. The van der Waals surface area contributed by atoms with Crippen LogP contribution in [0.5, 0.6) is 0 Å². The van der Waals surface area contributed by atoms with Crippen molar-refractivity contribution in [2.75, 3.05) is 5.75 Å². The van der Waals surface area contributed by atoms with Crippen molar-refractivity contribution in [1.82, 2.24) is 14.6 Å². The van der Waals surface area contributed by atoms with Gasteiger partial charge in [-0.15, -0.1) is 11.8 Å². The van der Waals surface area contributed by atoms with Crippen LogP contribution in [-0.4, -0.2) is 31.4 Å². The molecule has 0 bridgehead atoms. The average Bonchev–Trinajstić information content (AvgIpc) is 2.91. The molecular formula is C15H13N3O3S2. The fraction of sp³-hybridized carbons (Fsp3) is 0.200. The summed E-state index contributed by atoms with van der Waals surface area (Å²) in [6.45, 7) is 1.99. The smallest absolute Gasteiger partial charge is 0.313 e. The summed E-state index contributed by atoms with van der Waals surface area (Å²) < 4.78 is 1.29. The van der Waals surface area contributed by atoms with Crippen molar-refractivity contribution in [1.29, 1.82) is 0 Å². The highest BCUT2D eigenvalue weighted by Crippen LogP contribution is 2.27. The number of thioether (sulfide) groups is 1. The van der Waals surface area contributed by atoms with E-state index in [1.165, 1.54) is 33.7 Å². The number of aryl methyl sites for hydroxylation is 1. The number of rotatable bonds is 5. The lowest BCUT2D eigenvalue weighted by Crippen LogP contribution is -2.15. The second-order valence-electron chi connectivity index (χ2n) is 4.89. The number of aromatic nitrogens is 3. The number of carboxylic acids is 1. The van der Waals surface area contributed by atoms with Gasteiger partial charge in [-0.2, -0.15) is 9.61 Å². The minimum absolute atomic E-state index is 0.0157. The maximum atomic E-state index is 12.2. The molecule has 0 saturated carbocycles. The van der Waals surface area contributed by atoms with Crippen molar-refractivity contribution >= 4 is 34.0 Å². The van der Waals surface area contributed by atoms with E-state index in [1.807, 2.05) is 31.2 Å².